The van der Waals surface area contributed by atoms with Crippen LogP contribution in [0.25, 0.3) is 0 Å². The summed E-state index contributed by atoms with van der Waals surface area (Å²) in [4.78, 5) is 14.0. The summed E-state index contributed by atoms with van der Waals surface area (Å²) in [6.45, 7) is 5.68. The maximum Gasteiger partial charge on any atom is 0.323 e. The zero-order valence-electron chi connectivity index (χ0n) is 11.6. The van der Waals surface area contributed by atoms with Gasteiger partial charge < -0.3 is 4.74 Å². The molecule has 1 aliphatic heterocycles. The van der Waals surface area contributed by atoms with Crippen molar-refractivity contribution >= 4 is 17.6 Å². The summed E-state index contributed by atoms with van der Waals surface area (Å²) < 4.78 is 6.91. The Balaban J connectivity index is 2.11. The Kier molecular flexibility index (Phi) is 4.47. The highest BCUT2D eigenvalue weighted by atomic mass is 35.5. The molecule has 6 heteroatoms. The third-order valence-corrected chi connectivity index (χ3v) is 4.03. The molecule has 0 aromatic carbocycles. The second-order valence-electron chi connectivity index (χ2n) is 4.85. The first-order chi connectivity index (χ1) is 9.04. The van der Waals surface area contributed by atoms with Gasteiger partial charge in [0.2, 0.25) is 0 Å². The lowest BCUT2D eigenvalue weighted by Crippen LogP contribution is -2.37. The second kappa shape index (κ2) is 5.92. The number of nitrogens with zero attached hydrogens (tertiary/aromatic N) is 3. The predicted octanol–water partition coefficient (Wildman–Crippen LogP) is 1.91. The minimum Gasteiger partial charge on any atom is -0.465 e. The van der Waals surface area contributed by atoms with E-state index in [1.165, 1.54) is 0 Å². The quantitative estimate of drug-likeness (QED) is 0.793. The van der Waals surface area contributed by atoms with Crippen LogP contribution < -0.4 is 0 Å². The number of rotatable bonds is 4. The first-order valence-corrected chi connectivity index (χ1v) is 7.01. The van der Waals surface area contributed by atoms with Crippen LogP contribution in [0, 0.1) is 6.92 Å². The van der Waals surface area contributed by atoms with Gasteiger partial charge >= 0.3 is 5.97 Å². The van der Waals surface area contributed by atoms with Gasteiger partial charge in [0.15, 0.2) is 0 Å². The summed E-state index contributed by atoms with van der Waals surface area (Å²) in [5.74, 6) is -0.130. The number of halogens is 1. The molecule has 0 aliphatic carbocycles. The van der Waals surface area contributed by atoms with Gasteiger partial charge in [0, 0.05) is 13.6 Å². The van der Waals surface area contributed by atoms with Crippen molar-refractivity contribution in [3.63, 3.8) is 0 Å². The lowest BCUT2D eigenvalue weighted by molar-refractivity contribution is -0.148. The summed E-state index contributed by atoms with van der Waals surface area (Å²) in [6.07, 6.45) is 1.87. The van der Waals surface area contributed by atoms with Gasteiger partial charge in [-0.2, -0.15) is 5.10 Å². The third kappa shape index (κ3) is 2.92. The summed E-state index contributed by atoms with van der Waals surface area (Å²) >= 11 is 6.25. The Morgan fingerprint density at radius 1 is 1.58 bits per heavy atom. The van der Waals surface area contributed by atoms with Crippen LogP contribution >= 0.6 is 11.6 Å². The highest BCUT2D eigenvalue weighted by molar-refractivity contribution is 6.31. The van der Waals surface area contributed by atoms with Gasteiger partial charge in [0.05, 0.1) is 23.0 Å². The number of carbonyl (C=O) groups is 1. The highest BCUT2D eigenvalue weighted by Crippen LogP contribution is 2.26. The molecule has 2 rings (SSSR count). The van der Waals surface area contributed by atoms with Gasteiger partial charge in [-0.25, -0.2) is 0 Å². The Morgan fingerprint density at radius 2 is 2.32 bits per heavy atom. The number of ether oxygens (including phenoxy) is 1. The van der Waals surface area contributed by atoms with Gasteiger partial charge in [-0.1, -0.05) is 11.6 Å². The largest absolute Gasteiger partial charge is 0.465 e. The molecule has 1 saturated heterocycles. The molecular weight excluding hydrogens is 266 g/mol. The highest BCUT2D eigenvalue weighted by Gasteiger charge is 2.32. The first-order valence-electron chi connectivity index (χ1n) is 6.63. The molecule has 0 radical (unpaired) electrons. The molecule has 1 unspecified atom stereocenters. The molecule has 2 heterocycles. The number of aryl methyl sites for hydroxylation is 2. The average molecular weight is 286 g/mol. The van der Waals surface area contributed by atoms with Crippen LogP contribution in [0.4, 0.5) is 0 Å². The fraction of sp³-hybridized carbons (Fsp3) is 0.692. The van der Waals surface area contributed by atoms with E-state index in [2.05, 4.69) is 10.00 Å². The number of esters is 1. The molecule has 0 N–H and O–H groups in total. The number of likely N-dealkylation sites (tertiary alicyclic amines) is 1. The molecule has 0 bridgehead atoms. The van der Waals surface area contributed by atoms with E-state index in [1.54, 1.807) is 4.68 Å². The molecule has 0 saturated carbocycles. The number of carbonyl (C=O) groups excluding carboxylic acids is 1. The molecular formula is C13H20ClN3O2. The lowest BCUT2D eigenvalue weighted by Gasteiger charge is -2.22. The van der Waals surface area contributed by atoms with Gasteiger partial charge in [0.1, 0.15) is 6.04 Å². The van der Waals surface area contributed by atoms with Crippen LogP contribution in [0.5, 0.6) is 0 Å². The fourth-order valence-corrected chi connectivity index (χ4v) is 2.78. The van der Waals surface area contributed by atoms with E-state index in [0.717, 1.165) is 30.8 Å². The maximum absolute atomic E-state index is 11.9. The van der Waals surface area contributed by atoms with E-state index >= 15 is 0 Å². The Labute approximate surface area is 118 Å². The predicted molar refractivity (Wildman–Crippen MR) is 73.0 cm³/mol. The van der Waals surface area contributed by atoms with Gasteiger partial charge in [-0.15, -0.1) is 0 Å². The normalized spacial score (nSPS) is 19.9. The van der Waals surface area contributed by atoms with Crippen LogP contribution in [-0.2, 0) is 23.1 Å². The van der Waals surface area contributed by atoms with E-state index in [0.29, 0.717) is 18.2 Å². The van der Waals surface area contributed by atoms with Gasteiger partial charge in [-0.05, 0) is 33.2 Å². The van der Waals surface area contributed by atoms with E-state index in [4.69, 9.17) is 16.3 Å². The monoisotopic (exact) mass is 285 g/mol. The zero-order valence-corrected chi connectivity index (χ0v) is 12.4. The van der Waals surface area contributed by atoms with E-state index in [9.17, 15) is 4.79 Å². The van der Waals surface area contributed by atoms with Crippen molar-refractivity contribution in [2.24, 2.45) is 7.05 Å². The van der Waals surface area contributed by atoms with E-state index < -0.39 is 0 Å². The summed E-state index contributed by atoms with van der Waals surface area (Å²) in [5, 5.41) is 4.99. The molecule has 0 amide bonds. The maximum atomic E-state index is 11.9. The number of hydrogen-bond donors (Lipinski definition) is 0. The van der Waals surface area contributed by atoms with Gasteiger partial charge in [-0.3, -0.25) is 14.4 Å². The van der Waals surface area contributed by atoms with Crippen LogP contribution in [-0.4, -0.2) is 39.8 Å². The van der Waals surface area contributed by atoms with Crippen molar-refractivity contribution in [3.8, 4) is 0 Å². The molecule has 1 aliphatic rings. The average Bonchev–Trinajstić information content (AvgIpc) is 2.91. The smallest absolute Gasteiger partial charge is 0.323 e. The van der Waals surface area contributed by atoms with Crippen molar-refractivity contribution in [2.75, 3.05) is 13.2 Å². The van der Waals surface area contributed by atoms with Crippen LogP contribution in [0.15, 0.2) is 0 Å². The topological polar surface area (TPSA) is 47.4 Å². The zero-order chi connectivity index (χ0) is 14.0. The summed E-state index contributed by atoms with van der Waals surface area (Å²) in [5.41, 5.74) is 1.78. The molecule has 106 valence electrons. The van der Waals surface area contributed by atoms with Crippen LogP contribution in [0.2, 0.25) is 5.02 Å². The lowest BCUT2D eigenvalue weighted by atomic mass is 10.2. The third-order valence-electron chi connectivity index (χ3n) is 3.54. The first kappa shape index (κ1) is 14.3. The van der Waals surface area contributed by atoms with Crippen LogP contribution in [0.1, 0.15) is 31.2 Å². The molecule has 1 atom stereocenters. The Hall–Kier alpha value is -1.07. The second-order valence-corrected chi connectivity index (χ2v) is 5.23. The molecule has 0 spiro atoms. The standard InChI is InChI=1S/C13H20ClN3O2/c1-4-19-13(18)10-6-5-7-17(10)8-11-12(14)9(2)15-16(11)3/h10H,4-8H2,1-3H3. The minimum absolute atomic E-state index is 0.130. The molecule has 1 fully saturated rings. The molecule has 1 aromatic rings. The van der Waals surface area contributed by atoms with Crippen molar-refractivity contribution in [2.45, 2.75) is 39.3 Å². The minimum atomic E-state index is -0.147. The van der Waals surface area contributed by atoms with Crippen molar-refractivity contribution < 1.29 is 9.53 Å². The summed E-state index contributed by atoms with van der Waals surface area (Å²) in [7, 11) is 1.88. The number of hydrogen-bond acceptors (Lipinski definition) is 4. The van der Waals surface area contributed by atoms with Crippen molar-refractivity contribution in [1.82, 2.24) is 14.7 Å². The Bertz CT molecular complexity index is 473. The van der Waals surface area contributed by atoms with Crippen molar-refractivity contribution in [3.05, 3.63) is 16.4 Å². The molecule has 19 heavy (non-hydrogen) atoms. The van der Waals surface area contributed by atoms with E-state index in [1.807, 2.05) is 20.9 Å². The van der Waals surface area contributed by atoms with Crippen molar-refractivity contribution in [1.29, 1.82) is 0 Å². The van der Waals surface area contributed by atoms with E-state index in [-0.39, 0.29) is 12.0 Å². The molecule has 5 nitrogen and oxygen atoms in total. The Morgan fingerprint density at radius 3 is 2.89 bits per heavy atom. The summed E-state index contributed by atoms with van der Waals surface area (Å²) in [6, 6.07) is -0.147. The number of aromatic nitrogens is 2. The van der Waals surface area contributed by atoms with Gasteiger partial charge in [0.25, 0.3) is 0 Å². The van der Waals surface area contributed by atoms with Crippen LogP contribution in [0.3, 0.4) is 0 Å². The molecule has 1 aromatic heterocycles. The SMILES string of the molecule is CCOC(=O)C1CCCN1Cc1c(Cl)c(C)nn1C. The fourth-order valence-electron chi connectivity index (χ4n) is 2.57.